The van der Waals surface area contributed by atoms with Crippen LogP contribution in [-0.2, 0) is 9.53 Å². The molecule has 0 bridgehead atoms. The first-order valence-corrected chi connectivity index (χ1v) is 5.61. The molecule has 1 unspecified atom stereocenters. The molecular formula is C11H9Cl2FO2. The molecule has 0 spiro atoms. The number of ether oxygens (including phenoxy) is 1. The van der Waals surface area contributed by atoms with Crippen molar-refractivity contribution in [3.8, 4) is 0 Å². The smallest absolute Gasteiger partial charge is 0.160 e. The zero-order chi connectivity index (χ0) is 11.7. The Morgan fingerprint density at radius 3 is 2.50 bits per heavy atom. The fourth-order valence-corrected chi connectivity index (χ4v) is 2.16. The maximum Gasteiger partial charge on any atom is 0.160 e. The minimum atomic E-state index is -0.644. The van der Waals surface area contributed by atoms with Gasteiger partial charge in [-0.25, -0.2) is 4.39 Å². The largest absolute Gasteiger partial charge is 0.373 e. The average molecular weight is 263 g/mol. The number of hydrogen-bond donors (Lipinski definition) is 0. The van der Waals surface area contributed by atoms with Gasteiger partial charge in [0.1, 0.15) is 5.78 Å². The predicted molar refractivity (Wildman–Crippen MR) is 59.4 cm³/mol. The zero-order valence-electron chi connectivity index (χ0n) is 8.30. The van der Waals surface area contributed by atoms with Crippen LogP contribution in [0.15, 0.2) is 12.1 Å². The molecule has 2 nitrogen and oxygen atoms in total. The van der Waals surface area contributed by atoms with Gasteiger partial charge in [0.2, 0.25) is 0 Å². The number of halogens is 3. The van der Waals surface area contributed by atoms with Gasteiger partial charge in [0.15, 0.2) is 5.82 Å². The van der Waals surface area contributed by atoms with Crippen LogP contribution in [0.3, 0.4) is 0 Å². The molecule has 0 aromatic heterocycles. The summed E-state index contributed by atoms with van der Waals surface area (Å²) in [6.07, 6.45) is 0.356. The second kappa shape index (κ2) is 4.70. The monoisotopic (exact) mass is 262 g/mol. The van der Waals surface area contributed by atoms with E-state index in [1.54, 1.807) is 0 Å². The molecule has 5 heteroatoms. The van der Waals surface area contributed by atoms with Crippen molar-refractivity contribution in [2.75, 3.05) is 6.61 Å². The molecule has 2 rings (SSSR count). The van der Waals surface area contributed by atoms with Crippen LogP contribution >= 0.6 is 23.2 Å². The van der Waals surface area contributed by atoms with Crippen LogP contribution in [0.5, 0.6) is 0 Å². The summed E-state index contributed by atoms with van der Waals surface area (Å²) in [4.78, 5) is 11.3. The van der Waals surface area contributed by atoms with E-state index < -0.39 is 5.82 Å². The maximum atomic E-state index is 13.2. The van der Waals surface area contributed by atoms with Gasteiger partial charge in [-0.3, -0.25) is 4.79 Å². The molecule has 1 aliphatic heterocycles. The van der Waals surface area contributed by atoms with Gasteiger partial charge in [-0.1, -0.05) is 23.2 Å². The highest BCUT2D eigenvalue weighted by Gasteiger charge is 2.23. The number of benzene rings is 1. The standard InChI is InChI=1S/C11H9Cl2FO2/c12-8-3-6(4-9(13)11(8)14)10-5-7(15)1-2-16-10/h3-4,10H,1-2,5H2. The number of ketones is 1. The molecule has 86 valence electrons. The van der Waals surface area contributed by atoms with Crippen LogP contribution < -0.4 is 0 Å². The minimum Gasteiger partial charge on any atom is -0.373 e. The molecule has 0 N–H and O–H groups in total. The van der Waals surface area contributed by atoms with E-state index in [1.807, 2.05) is 0 Å². The highest BCUT2D eigenvalue weighted by atomic mass is 35.5. The van der Waals surface area contributed by atoms with Crippen molar-refractivity contribution in [3.63, 3.8) is 0 Å². The fraction of sp³-hybridized carbons (Fsp3) is 0.364. The van der Waals surface area contributed by atoms with Gasteiger partial charge in [-0.05, 0) is 17.7 Å². The number of hydrogen-bond acceptors (Lipinski definition) is 2. The molecule has 1 aromatic carbocycles. The van der Waals surface area contributed by atoms with Gasteiger partial charge in [0.05, 0.1) is 22.8 Å². The highest BCUT2D eigenvalue weighted by Crippen LogP contribution is 2.32. The summed E-state index contributed by atoms with van der Waals surface area (Å²) in [5.74, 6) is -0.512. The Kier molecular flexibility index (Phi) is 3.47. The summed E-state index contributed by atoms with van der Waals surface area (Å²) in [5.41, 5.74) is 0.643. The normalized spacial score (nSPS) is 21.2. The van der Waals surface area contributed by atoms with Gasteiger partial charge in [-0.15, -0.1) is 0 Å². The molecule has 1 atom stereocenters. The van der Waals surface area contributed by atoms with Gasteiger partial charge in [0.25, 0.3) is 0 Å². The van der Waals surface area contributed by atoms with Gasteiger partial charge in [0, 0.05) is 12.8 Å². The van der Waals surface area contributed by atoms with E-state index in [0.29, 0.717) is 18.6 Å². The Bertz CT molecular complexity index is 411. The summed E-state index contributed by atoms with van der Waals surface area (Å²) < 4.78 is 18.6. The Balaban J connectivity index is 2.30. The number of carbonyl (C=O) groups excluding carboxylic acids is 1. The van der Waals surface area contributed by atoms with Gasteiger partial charge in [-0.2, -0.15) is 0 Å². The molecule has 0 aliphatic carbocycles. The van der Waals surface area contributed by atoms with E-state index in [9.17, 15) is 9.18 Å². The van der Waals surface area contributed by atoms with Crippen molar-refractivity contribution < 1.29 is 13.9 Å². The Morgan fingerprint density at radius 1 is 1.31 bits per heavy atom. The van der Waals surface area contributed by atoms with Crippen molar-refractivity contribution in [1.82, 2.24) is 0 Å². The second-order valence-electron chi connectivity index (χ2n) is 3.65. The van der Waals surface area contributed by atoms with Crippen LogP contribution in [0.1, 0.15) is 24.5 Å². The molecule has 0 amide bonds. The van der Waals surface area contributed by atoms with Crippen LogP contribution in [0.25, 0.3) is 0 Å². The first-order chi connectivity index (χ1) is 7.58. The zero-order valence-corrected chi connectivity index (χ0v) is 9.82. The topological polar surface area (TPSA) is 26.3 Å². The van der Waals surface area contributed by atoms with E-state index in [2.05, 4.69) is 0 Å². The average Bonchev–Trinajstić information content (AvgIpc) is 2.25. The number of rotatable bonds is 1. The van der Waals surface area contributed by atoms with Crippen molar-refractivity contribution in [1.29, 1.82) is 0 Å². The lowest BCUT2D eigenvalue weighted by Crippen LogP contribution is -2.19. The highest BCUT2D eigenvalue weighted by molar-refractivity contribution is 6.35. The molecule has 0 saturated carbocycles. The fourth-order valence-electron chi connectivity index (χ4n) is 1.66. The third-order valence-corrected chi connectivity index (χ3v) is 3.04. The Labute approximate surface area is 102 Å². The summed E-state index contributed by atoms with van der Waals surface area (Å²) in [7, 11) is 0. The van der Waals surface area contributed by atoms with Crippen LogP contribution in [-0.4, -0.2) is 12.4 Å². The van der Waals surface area contributed by atoms with E-state index in [4.69, 9.17) is 27.9 Å². The van der Waals surface area contributed by atoms with E-state index in [-0.39, 0.29) is 28.4 Å². The third kappa shape index (κ3) is 2.37. The lowest BCUT2D eigenvalue weighted by atomic mass is 10.0. The number of Topliss-reactive ketones (excluding diaryl/α,β-unsaturated/α-hetero) is 1. The van der Waals surface area contributed by atoms with Crippen LogP contribution in [0.4, 0.5) is 4.39 Å². The Morgan fingerprint density at radius 2 is 1.94 bits per heavy atom. The lowest BCUT2D eigenvalue weighted by molar-refractivity contribution is -0.128. The molecule has 1 aromatic rings. The summed E-state index contributed by atoms with van der Waals surface area (Å²) in [6.45, 7) is 0.385. The van der Waals surface area contributed by atoms with E-state index in [1.165, 1.54) is 12.1 Å². The molecule has 0 radical (unpaired) electrons. The summed E-state index contributed by atoms with van der Waals surface area (Å²) in [6, 6.07) is 2.90. The summed E-state index contributed by atoms with van der Waals surface area (Å²) >= 11 is 11.3. The molecule has 1 fully saturated rings. The van der Waals surface area contributed by atoms with Crippen molar-refractivity contribution in [2.24, 2.45) is 0 Å². The van der Waals surface area contributed by atoms with Crippen LogP contribution in [0.2, 0.25) is 10.0 Å². The lowest BCUT2D eigenvalue weighted by Gasteiger charge is -2.22. The second-order valence-corrected chi connectivity index (χ2v) is 4.47. The van der Waals surface area contributed by atoms with Crippen molar-refractivity contribution in [3.05, 3.63) is 33.6 Å². The van der Waals surface area contributed by atoms with Gasteiger partial charge >= 0.3 is 0 Å². The predicted octanol–water partition coefficient (Wildman–Crippen LogP) is 3.55. The van der Waals surface area contributed by atoms with Crippen LogP contribution in [0, 0.1) is 5.82 Å². The molecule has 1 saturated heterocycles. The molecular weight excluding hydrogens is 254 g/mol. The first-order valence-electron chi connectivity index (χ1n) is 4.85. The van der Waals surface area contributed by atoms with E-state index in [0.717, 1.165) is 0 Å². The quantitative estimate of drug-likeness (QED) is 0.724. The van der Waals surface area contributed by atoms with Crippen molar-refractivity contribution >= 4 is 29.0 Å². The molecule has 1 heterocycles. The molecule has 1 aliphatic rings. The van der Waals surface area contributed by atoms with Gasteiger partial charge < -0.3 is 4.74 Å². The number of carbonyl (C=O) groups is 1. The van der Waals surface area contributed by atoms with E-state index >= 15 is 0 Å². The maximum absolute atomic E-state index is 13.2. The summed E-state index contributed by atoms with van der Waals surface area (Å²) in [5, 5.41) is -0.103. The molecule has 16 heavy (non-hydrogen) atoms. The third-order valence-electron chi connectivity index (χ3n) is 2.49. The first kappa shape index (κ1) is 11.8. The Hall–Kier alpha value is -0.640. The SMILES string of the molecule is O=C1CCOC(c2cc(Cl)c(F)c(Cl)c2)C1. The minimum absolute atomic E-state index is 0.0517. The van der Waals surface area contributed by atoms with Crippen molar-refractivity contribution in [2.45, 2.75) is 18.9 Å².